The third-order valence-electron chi connectivity index (χ3n) is 7.35. The molecule has 3 aromatic rings. The number of carbonyl (C=O) groups is 3. The van der Waals surface area contributed by atoms with Crippen LogP contribution < -0.4 is 10.6 Å². The van der Waals surface area contributed by atoms with E-state index in [1.807, 2.05) is 73.7 Å². The minimum absolute atomic E-state index is 0.0795. The highest BCUT2D eigenvalue weighted by atomic mass is 16.5. The molecule has 8 nitrogen and oxygen atoms in total. The number of rotatable bonds is 12. The number of carbonyl (C=O) groups excluding carboxylic acids is 2. The molecule has 0 saturated heterocycles. The zero-order valence-corrected chi connectivity index (χ0v) is 23.1. The van der Waals surface area contributed by atoms with E-state index in [1.54, 1.807) is 6.92 Å². The zero-order valence-electron chi connectivity index (χ0n) is 23.1. The lowest BCUT2D eigenvalue weighted by atomic mass is 9.95. The molecule has 3 N–H and O–H groups in total. The Morgan fingerprint density at radius 3 is 2.08 bits per heavy atom. The Kier molecular flexibility index (Phi) is 9.22. The molecule has 0 saturated carbocycles. The Hall–Kier alpha value is -4.17. The Morgan fingerprint density at radius 2 is 1.50 bits per heavy atom. The van der Waals surface area contributed by atoms with Crippen LogP contribution in [-0.2, 0) is 25.7 Å². The summed E-state index contributed by atoms with van der Waals surface area (Å²) >= 11 is 0. The predicted molar refractivity (Wildman–Crippen MR) is 152 cm³/mol. The van der Waals surface area contributed by atoms with E-state index in [-0.39, 0.29) is 25.6 Å². The van der Waals surface area contributed by atoms with Gasteiger partial charge in [0.15, 0.2) is 0 Å². The van der Waals surface area contributed by atoms with Gasteiger partial charge in [-0.05, 0) is 48.1 Å². The number of aliphatic carboxylic acids is 1. The molecule has 1 aliphatic rings. The van der Waals surface area contributed by atoms with Crippen molar-refractivity contribution in [2.45, 2.75) is 63.8 Å². The standard InChI is InChI=1S/C32H36N2O6/c1-4-18-32(3,30(36)37)34-29(35)28(21(2)39-19-22-12-6-5-7-13-22)33-31(38)40-20-27-25-16-10-8-14-23(25)24-15-9-11-17-26(24)27/h5-17,21,27-28H,4,18-20H2,1-3H3,(H,33,38)(H,34,35)(H,36,37). The van der Waals surface area contributed by atoms with Crippen molar-refractivity contribution in [2.24, 2.45) is 0 Å². The van der Waals surface area contributed by atoms with Crippen LogP contribution in [0.5, 0.6) is 0 Å². The van der Waals surface area contributed by atoms with Crippen molar-refractivity contribution in [1.29, 1.82) is 0 Å². The number of nitrogens with one attached hydrogen (secondary N) is 2. The molecular formula is C32H36N2O6. The van der Waals surface area contributed by atoms with Gasteiger partial charge in [-0.15, -0.1) is 0 Å². The molecule has 0 spiro atoms. The van der Waals surface area contributed by atoms with Crippen LogP contribution in [-0.4, -0.2) is 47.4 Å². The molecule has 2 amide bonds. The fourth-order valence-electron chi connectivity index (χ4n) is 5.13. The number of carboxylic acid groups (broad SMARTS) is 1. The molecule has 0 aromatic heterocycles. The average molecular weight is 545 g/mol. The number of carboxylic acids is 1. The average Bonchev–Trinajstić information content (AvgIpc) is 3.27. The SMILES string of the molecule is CCCC(C)(NC(=O)C(NC(=O)OCC1c2ccccc2-c2ccccc21)C(C)OCc1ccccc1)C(=O)O. The summed E-state index contributed by atoms with van der Waals surface area (Å²) in [6.07, 6.45) is -0.788. The molecule has 0 radical (unpaired) electrons. The van der Waals surface area contributed by atoms with Gasteiger partial charge in [-0.25, -0.2) is 9.59 Å². The van der Waals surface area contributed by atoms with Crippen LogP contribution >= 0.6 is 0 Å². The molecular weight excluding hydrogens is 508 g/mol. The second-order valence-corrected chi connectivity index (χ2v) is 10.3. The van der Waals surface area contributed by atoms with Crippen LogP contribution in [0.2, 0.25) is 0 Å². The highest BCUT2D eigenvalue weighted by Gasteiger charge is 2.38. The number of benzene rings is 3. The predicted octanol–water partition coefficient (Wildman–Crippen LogP) is 5.26. The lowest BCUT2D eigenvalue weighted by Gasteiger charge is -2.30. The number of alkyl carbamates (subject to hydrolysis) is 1. The summed E-state index contributed by atoms with van der Waals surface area (Å²) < 4.78 is 11.6. The topological polar surface area (TPSA) is 114 Å². The Balaban J connectivity index is 1.48. The third-order valence-corrected chi connectivity index (χ3v) is 7.35. The summed E-state index contributed by atoms with van der Waals surface area (Å²) in [6.45, 7) is 5.25. The first-order chi connectivity index (χ1) is 19.2. The van der Waals surface area contributed by atoms with E-state index in [0.29, 0.717) is 6.42 Å². The van der Waals surface area contributed by atoms with E-state index in [4.69, 9.17) is 9.47 Å². The maximum atomic E-state index is 13.4. The number of hydrogen-bond acceptors (Lipinski definition) is 5. The van der Waals surface area contributed by atoms with Crippen LogP contribution in [0, 0.1) is 0 Å². The summed E-state index contributed by atoms with van der Waals surface area (Å²) in [4.78, 5) is 38.4. The van der Waals surface area contributed by atoms with Crippen molar-refractivity contribution in [3.63, 3.8) is 0 Å². The fraction of sp³-hybridized carbons (Fsp3) is 0.344. The minimum atomic E-state index is -1.49. The van der Waals surface area contributed by atoms with Crippen LogP contribution in [0.25, 0.3) is 11.1 Å². The van der Waals surface area contributed by atoms with Gasteiger partial charge in [0.1, 0.15) is 18.2 Å². The van der Waals surface area contributed by atoms with Gasteiger partial charge in [-0.3, -0.25) is 4.79 Å². The summed E-state index contributed by atoms with van der Waals surface area (Å²) in [5, 5.41) is 15.0. The van der Waals surface area contributed by atoms with Crippen molar-refractivity contribution in [2.75, 3.05) is 6.61 Å². The van der Waals surface area contributed by atoms with Crippen LogP contribution in [0.3, 0.4) is 0 Å². The fourth-order valence-corrected chi connectivity index (χ4v) is 5.13. The largest absolute Gasteiger partial charge is 0.480 e. The summed E-state index contributed by atoms with van der Waals surface area (Å²) in [5.41, 5.74) is 3.76. The quantitative estimate of drug-likeness (QED) is 0.287. The van der Waals surface area contributed by atoms with Gasteiger partial charge in [0, 0.05) is 5.92 Å². The second kappa shape index (κ2) is 12.8. The van der Waals surface area contributed by atoms with Crippen LogP contribution in [0.1, 0.15) is 56.2 Å². The van der Waals surface area contributed by atoms with Gasteiger partial charge in [0.05, 0.1) is 12.7 Å². The highest BCUT2D eigenvalue weighted by molar-refractivity contribution is 5.91. The minimum Gasteiger partial charge on any atom is -0.480 e. The lowest BCUT2D eigenvalue weighted by Crippen LogP contribution is -2.60. The smallest absolute Gasteiger partial charge is 0.407 e. The lowest BCUT2D eigenvalue weighted by molar-refractivity contribution is -0.148. The number of ether oxygens (including phenoxy) is 2. The Labute approximate surface area is 234 Å². The Bertz CT molecular complexity index is 1300. The van der Waals surface area contributed by atoms with Gasteiger partial charge in [0.2, 0.25) is 5.91 Å². The van der Waals surface area contributed by atoms with E-state index in [9.17, 15) is 19.5 Å². The van der Waals surface area contributed by atoms with Crippen molar-refractivity contribution >= 4 is 18.0 Å². The molecule has 3 atom stereocenters. The molecule has 0 heterocycles. The van der Waals surface area contributed by atoms with Crippen molar-refractivity contribution < 1.29 is 29.0 Å². The van der Waals surface area contributed by atoms with Gasteiger partial charge < -0.3 is 25.2 Å². The first-order valence-corrected chi connectivity index (χ1v) is 13.6. The van der Waals surface area contributed by atoms with Crippen molar-refractivity contribution in [3.05, 3.63) is 95.6 Å². The van der Waals surface area contributed by atoms with Crippen LogP contribution in [0.15, 0.2) is 78.9 Å². The Morgan fingerprint density at radius 1 is 0.925 bits per heavy atom. The van der Waals surface area contributed by atoms with E-state index in [1.165, 1.54) is 6.92 Å². The van der Waals surface area contributed by atoms with Crippen molar-refractivity contribution in [3.8, 4) is 11.1 Å². The van der Waals surface area contributed by atoms with Gasteiger partial charge in [0.25, 0.3) is 0 Å². The maximum absolute atomic E-state index is 13.4. The molecule has 4 rings (SSSR count). The second-order valence-electron chi connectivity index (χ2n) is 10.3. The molecule has 1 aliphatic carbocycles. The summed E-state index contributed by atoms with van der Waals surface area (Å²) in [5.74, 6) is -1.95. The van der Waals surface area contributed by atoms with Gasteiger partial charge >= 0.3 is 12.1 Å². The monoisotopic (exact) mass is 544 g/mol. The zero-order chi connectivity index (χ0) is 28.7. The van der Waals surface area contributed by atoms with Crippen molar-refractivity contribution in [1.82, 2.24) is 10.6 Å². The highest BCUT2D eigenvalue weighted by Crippen LogP contribution is 2.44. The molecule has 40 heavy (non-hydrogen) atoms. The molecule has 0 aliphatic heterocycles. The molecule has 210 valence electrons. The first-order valence-electron chi connectivity index (χ1n) is 13.6. The molecule has 3 unspecified atom stereocenters. The normalized spacial score (nSPS) is 15.2. The van der Waals surface area contributed by atoms with Gasteiger partial charge in [-0.1, -0.05) is 92.2 Å². The first kappa shape index (κ1) is 28.8. The van der Waals surface area contributed by atoms with E-state index in [0.717, 1.165) is 27.8 Å². The third kappa shape index (κ3) is 6.51. The number of fused-ring (bicyclic) bond motifs is 3. The number of hydrogen-bond donors (Lipinski definition) is 3. The van der Waals surface area contributed by atoms with E-state index < -0.39 is 35.7 Å². The van der Waals surface area contributed by atoms with Crippen LogP contribution in [0.4, 0.5) is 4.79 Å². The molecule has 8 heteroatoms. The van der Waals surface area contributed by atoms with E-state index in [2.05, 4.69) is 22.8 Å². The molecule has 3 aromatic carbocycles. The molecule has 0 bridgehead atoms. The van der Waals surface area contributed by atoms with Gasteiger partial charge in [-0.2, -0.15) is 0 Å². The molecule has 0 fully saturated rings. The number of amides is 2. The maximum Gasteiger partial charge on any atom is 0.407 e. The summed E-state index contributed by atoms with van der Waals surface area (Å²) in [6, 6.07) is 24.3. The van der Waals surface area contributed by atoms with E-state index >= 15 is 0 Å². The summed E-state index contributed by atoms with van der Waals surface area (Å²) in [7, 11) is 0.